The Morgan fingerprint density at radius 1 is 1.28 bits per heavy atom. The molecule has 3 atom stereocenters. The van der Waals surface area contributed by atoms with Crippen molar-refractivity contribution >= 4 is 11.9 Å². The van der Waals surface area contributed by atoms with E-state index in [0.717, 1.165) is 12.8 Å². The fraction of sp³-hybridized carbons (Fsp3) is 0.857. The zero-order valence-corrected chi connectivity index (χ0v) is 11.4. The van der Waals surface area contributed by atoms with Crippen LogP contribution in [0.4, 0.5) is 0 Å². The summed E-state index contributed by atoms with van der Waals surface area (Å²) in [5.41, 5.74) is 0. The second-order valence-corrected chi connectivity index (χ2v) is 5.45. The van der Waals surface area contributed by atoms with Crippen LogP contribution in [0, 0.1) is 11.8 Å². The van der Waals surface area contributed by atoms with Gasteiger partial charge in [0.25, 0.3) is 0 Å². The van der Waals surface area contributed by atoms with E-state index in [0.29, 0.717) is 19.3 Å². The lowest BCUT2D eigenvalue weighted by Gasteiger charge is -2.17. The van der Waals surface area contributed by atoms with Crippen LogP contribution in [0.3, 0.4) is 0 Å². The molecule has 3 unspecified atom stereocenters. The van der Waals surface area contributed by atoms with Crippen molar-refractivity contribution in [2.75, 3.05) is 0 Å². The van der Waals surface area contributed by atoms with Gasteiger partial charge in [-0.3, -0.25) is 9.59 Å². The number of aliphatic carboxylic acids is 1. The van der Waals surface area contributed by atoms with Gasteiger partial charge >= 0.3 is 5.97 Å². The third-order valence-corrected chi connectivity index (χ3v) is 3.78. The number of amides is 1. The molecule has 0 bridgehead atoms. The van der Waals surface area contributed by atoms with Crippen molar-refractivity contribution in [3.05, 3.63) is 0 Å². The Bertz CT molecular complexity index is 291. The highest BCUT2D eigenvalue weighted by Crippen LogP contribution is 2.31. The van der Waals surface area contributed by atoms with Gasteiger partial charge in [-0.2, -0.15) is 0 Å². The first kappa shape index (κ1) is 15.0. The maximum atomic E-state index is 12.0. The van der Waals surface area contributed by atoms with Gasteiger partial charge < -0.3 is 10.4 Å². The molecular weight excluding hydrogens is 230 g/mol. The zero-order chi connectivity index (χ0) is 13.5. The predicted octanol–water partition coefficient (Wildman–Crippen LogP) is 2.57. The molecule has 4 nitrogen and oxygen atoms in total. The van der Waals surface area contributed by atoms with Crippen molar-refractivity contribution in [2.24, 2.45) is 11.8 Å². The van der Waals surface area contributed by atoms with Gasteiger partial charge in [0.05, 0.1) is 5.92 Å². The first-order valence-corrected chi connectivity index (χ1v) is 7.07. The predicted molar refractivity (Wildman–Crippen MR) is 70.2 cm³/mol. The van der Waals surface area contributed by atoms with E-state index < -0.39 is 5.97 Å². The van der Waals surface area contributed by atoms with Crippen LogP contribution in [-0.2, 0) is 9.59 Å². The lowest BCUT2D eigenvalue weighted by Crippen LogP contribution is -2.36. The first-order valence-electron chi connectivity index (χ1n) is 7.07. The Morgan fingerprint density at radius 2 is 1.94 bits per heavy atom. The Balaban J connectivity index is 2.26. The fourth-order valence-corrected chi connectivity index (χ4v) is 2.58. The number of carbonyl (C=O) groups is 2. The largest absolute Gasteiger partial charge is 0.481 e. The van der Waals surface area contributed by atoms with Crippen LogP contribution in [-0.4, -0.2) is 23.0 Å². The molecule has 0 aromatic rings. The minimum Gasteiger partial charge on any atom is -0.481 e. The molecule has 0 radical (unpaired) electrons. The van der Waals surface area contributed by atoms with E-state index in [1.54, 1.807) is 0 Å². The molecule has 1 saturated carbocycles. The summed E-state index contributed by atoms with van der Waals surface area (Å²) in [6, 6.07) is 0.202. The molecule has 4 heteroatoms. The van der Waals surface area contributed by atoms with E-state index >= 15 is 0 Å². The van der Waals surface area contributed by atoms with Crippen molar-refractivity contribution in [1.29, 1.82) is 0 Å². The molecule has 1 aliphatic carbocycles. The van der Waals surface area contributed by atoms with Gasteiger partial charge in [-0.25, -0.2) is 0 Å². The van der Waals surface area contributed by atoms with Crippen molar-refractivity contribution in [3.8, 4) is 0 Å². The number of carboxylic acid groups (broad SMARTS) is 1. The number of carbonyl (C=O) groups excluding carboxylic acids is 1. The van der Waals surface area contributed by atoms with Crippen LogP contribution in [0.15, 0.2) is 0 Å². The minimum atomic E-state index is -0.763. The van der Waals surface area contributed by atoms with Gasteiger partial charge in [0, 0.05) is 12.0 Å². The Kier molecular flexibility index (Phi) is 6.16. The van der Waals surface area contributed by atoms with Crippen molar-refractivity contribution in [3.63, 3.8) is 0 Å². The molecule has 0 aromatic carbocycles. The number of unbranched alkanes of at least 4 members (excludes halogenated alkanes) is 2. The standard InChI is InChI=1S/C14H25NO3/c1-3-4-5-6-10(2)15-13(16)11-7-8-12(9-11)14(17)18/h10-12H,3-9H2,1-2H3,(H,15,16)(H,17,18). The maximum Gasteiger partial charge on any atom is 0.306 e. The van der Waals surface area contributed by atoms with Crippen LogP contribution >= 0.6 is 0 Å². The second-order valence-electron chi connectivity index (χ2n) is 5.45. The van der Waals surface area contributed by atoms with Crippen LogP contribution in [0.1, 0.15) is 58.8 Å². The summed E-state index contributed by atoms with van der Waals surface area (Å²) >= 11 is 0. The van der Waals surface area contributed by atoms with Crippen LogP contribution < -0.4 is 5.32 Å². The molecular formula is C14H25NO3. The van der Waals surface area contributed by atoms with Gasteiger partial charge in [0.2, 0.25) is 5.91 Å². The lowest BCUT2D eigenvalue weighted by atomic mass is 10.0. The molecule has 18 heavy (non-hydrogen) atoms. The third-order valence-electron chi connectivity index (χ3n) is 3.78. The van der Waals surface area contributed by atoms with Gasteiger partial charge in [0.15, 0.2) is 0 Å². The number of rotatable bonds is 7. The molecule has 1 fully saturated rings. The average Bonchev–Trinajstić information content (AvgIpc) is 2.78. The minimum absolute atomic E-state index is 0.0442. The zero-order valence-electron chi connectivity index (χ0n) is 11.4. The average molecular weight is 255 g/mol. The first-order chi connectivity index (χ1) is 8.54. The molecule has 0 aliphatic heterocycles. The summed E-state index contributed by atoms with van der Waals surface area (Å²) in [5, 5.41) is 11.9. The fourth-order valence-electron chi connectivity index (χ4n) is 2.58. The van der Waals surface area contributed by atoms with Crippen LogP contribution in [0.25, 0.3) is 0 Å². The van der Waals surface area contributed by atoms with Crippen molar-refractivity contribution < 1.29 is 14.7 Å². The SMILES string of the molecule is CCCCCC(C)NC(=O)C1CCC(C(=O)O)C1. The normalized spacial score (nSPS) is 24.8. The molecule has 1 rings (SSSR count). The third kappa shape index (κ3) is 4.67. The van der Waals surface area contributed by atoms with E-state index in [-0.39, 0.29) is 23.8 Å². The molecule has 1 aliphatic rings. The van der Waals surface area contributed by atoms with E-state index in [1.165, 1.54) is 12.8 Å². The highest BCUT2D eigenvalue weighted by atomic mass is 16.4. The van der Waals surface area contributed by atoms with Gasteiger partial charge in [-0.15, -0.1) is 0 Å². The molecule has 0 heterocycles. The van der Waals surface area contributed by atoms with E-state index in [2.05, 4.69) is 12.2 Å². The number of hydrogen-bond acceptors (Lipinski definition) is 2. The molecule has 0 aromatic heterocycles. The van der Waals surface area contributed by atoms with Crippen molar-refractivity contribution in [2.45, 2.75) is 64.8 Å². The van der Waals surface area contributed by atoms with E-state index in [9.17, 15) is 9.59 Å². The summed E-state index contributed by atoms with van der Waals surface area (Å²) < 4.78 is 0. The lowest BCUT2D eigenvalue weighted by molar-refractivity contribution is -0.141. The summed E-state index contributed by atoms with van der Waals surface area (Å²) in [6.45, 7) is 4.19. The molecule has 2 N–H and O–H groups in total. The summed E-state index contributed by atoms with van der Waals surface area (Å²) in [7, 11) is 0. The molecule has 0 saturated heterocycles. The number of nitrogens with one attached hydrogen (secondary N) is 1. The number of carboxylic acids is 1. The van der Waals surface area contributed by atoms with Crippen LogP contribution in [0.5, 0.6) is 0 Å². The van der Waals surface area contributed by atoms with E-state index in [1.807, 2.05) is 6.92 Å². The molecule has 104 valence electrons. The Hall–Kier alpha value is -1.06. The van der Waals surface area contributed by atoms with Gasteiger partial charge in [-0.1, -0.05) is 26.2 Å². The quantitative estimate of drug-likeness (QED) is 0.687. The van der Waals surface area contributed by atoms with Gasteiger partial charge in [0.1, 0.15) is 0 Å². The number of hydrogen-bond donors (Lipinski definition) is 2. The summed E-state index contributed by atoms with van der Waals surface area (Å²) in [6.07, 6.45) is 6.38. The molecule has 1 amide bonds. The van der Waals surface area contributed by atoms with E-state index in [4.69, 9.17) is 5.11 Å². The summed E-state index contributed by atoms with van der Waals surface area (Å²) in [4.78, 5) is 22.8. The topological polar surface area (TPSA) is 66.4 Å². The highest BCUT2D eigenvalue weighted by Gasteiger charge is 2.33. The Labute approximate surface area is 109 Å². The van der Waals surface area contributed by atoms with Crippen LogP contribution in [0.2, 0.25) is 0 Å². The monoisotopic (exact) mass is 255 g/mol. The summed E-state index contributed by atoms with van der Waals surface area (Å²) in [5.74, 6) is -1.14. The highest BCUT2D eigenvalue weighted by molar-refractivity contribution is 5.81. The Morgan fingerprint density at radius 3 is 2.50 bits per heavy atom. The van der Waals surface area contributed by atoms with Crippen molar-refractivity contribution in [1.82, 2.24) is 5.32 Å². The maximum absolute atomic E-state index is 12.0. The van der Waals surface area contributed by atoms with Gasteiger partial charge in [-0.05, 0) is 32.6 Å². The smallest absolute Gasteiger partial charge is 0.306 e. The molecule has 0 spiro atoms. The second kappa shape index (κ2) is 7.39.